The minimum Gasteiger partial charge on any atom is -0.461 e. The smallest absolute Gasteiger partial charge is 0.306 e. The van der Waals surface area contributed by atoms with E-state index < -0.39 is 16.6 Å². The Labute approximate surface area is 349 Å². The molecule has 9 nitrogen and oxygen atoms in total. The molecule has 0 saturated heterocycles. The number of hydrogen-bond acceptors (Lipinski definition) is 9. The van der Waals surface area contributed by atoms with Crippen molar-refractivity contribution in [2.45, 2.75) is 130 Å². The Kier molecular flexibility index (Phi) is 20.8. The molecule has 0 atom stereocenters. The van der Waals surface area contributed by atoms with Crippen LogP contribution in [0.5, 0.6) is 0 Å². The quantitative estimate of drug-likeness (QED) is 0.0418. The van der Waals surface area contributed by atoms with Gasteiger partial charge in [-0.1, -0.05) is 114 Å². The molecule has 0 saturated carbocycles. The fraction of sp³-hybridized carbons (Fsp3) is 0.426. The lowest BCUT2D eigenvalue weighted by Gasteiger charge is -2.35. The third kappa shape index (κ3) is 19.3. The number of allylic oxidation sites excluding steroid dienone is 2. The first-order valence-electron chi connectivity index (χ1n) is 19.8. The highest BCUT2D eigenvalue weighted by atomic mass is 28.4. The number of carbonyl (C=O) groups is 3. The maximum absolute atomic E-state index is 11.8. The summed E-state index contributed by atoms with van der Waals surface area (Å²) in [5.74, 6) is 2.30. The number of carbonyl (C=O) groups excluding carboxylic acids is 3. The summed E-state index contributed by atoms with van der Waals surface area (Å²) >= 11 is 0. The van der Waals surface area contributed by atoms with E-state index in [4.69, 9.17) is 27.2 Å². The minimum absolute atomic E-state index is 0.172. The van der Waals surface area contributed by atoms with E-state index in [-0.39, 0.29) is 22.0 Å². The zero-order valence-corrected chi connectivity index (χ0v) is 38.4. The maximum atomic E-state index is 11.8. The number of hydrogen-bond donors (Lipinski definition) is 0. The molecule has 0 radical (unpaired) electrons. The van der Waals surface area contributed by atoms with Crippen molar-refractivity contribution in [2.75, 3.05) is 0 Å². The largest absolute Gasteiger partial charge is 0.461 e. The van der Waals surface area contributed by atoms with Gasteiger partial charge < -0.3 is 27.2 Å². The van der Waals surface area contributed by atoms with Crippen LogP contribution in [0.4, 0.5) is 0 Å². The second-order valence-electron chi connectivity index (χ2n) is 16.9. The van der Waals surface area contributed by atoms with Gasteiger partial charge in [-0.05, 0) is 90.6 Å². The fourth-order valence-corrected chi connectivity index (χ4v) is 6.15. The van der Waals surface area contributed by atoms with Crippen molar-refractivity contribution >= 4 is 40.9 Å². The Morgan fingerprint density at radius 2 is 1.02 bits per heavy atom. The van der Waals surface area contributed by atoms with Crippen molar-refractivity contribution in [2.24, 2.45) is 0 Å². The molecule has 0 amide bonds. The molecule has 0 N–H and O–H groups in total. The summed E-state index contributed by atoms with van der Waals surface area (Å²) in [4.78, 5) is 33.4. The predicted octanol–water partition coefficient (Wildman–Crippen LogP) is 12.6. The minimum atomic E-state index is -1.78. The number of ether oxygens (including phenoxy) is 2. The lowest BCUT2D eigenvalue weighted by molar-refractivity contribution is -0.145. The molecule has 4 aromatic rings. The SMILES string of the molecule is C=CCCC(=O)OCc1ccccc1.CC(C)(C)[Si](C)(C)OCc1ccc(/C=C\CCC(=O)OCc2ccccc2)o1.CC(C)(C)[Si](C)(C)OCc1ccc(C=O)o1. The van der Waals surface area contributed by atoms with E-state index in [1.165, 1.54) is 0 Å². The molecule has 0 aliphatic carbocycles. The zero-order chi connectivity index (χ0) is 43.2. The van der Waals surface area contributed by atoms with Gasteiger partial charge in [0.25, 0.3) is 0 Å². The van der Waals surface area contributed by atoms with E-state index in [2.05, 4.69) is 74.3 Å². The highest BCUT2D eigenvalue weighted by Crippen LogP contribution is 2.38. The molecule has 0 bridgehead atoms. The van der Waals surface area contributed by atoms with Gasteiger partial charge in [-0.2, -0.15) is 0 Å². The normalized spacial score (nSPS) is 11.8. The molecule has 11 heteroatoms. The van der Waals surface area contributed by atoms with Gasteiger partial charge in [0, 0.05) is 12.8 Å². The van der Waals surface area contributed by atoms with Gasteiger partial charge in [0.05, 0.1) is 13.2 Å². The monoisotopic (exact) mass is 830 g/mol. The highest BCUT2D eigenvalue weighted by Gasteiger charge is 2.38. The van der Waals surface area contributed by atoms with Crippen LogP contribution in [0.2, 0.25) is 36.3 Å². The van der Waals surface area contributed by atoms with E-state index in [0.717, 1.165) is 22.6 Å². The molecular weight excluding hydrogens is 765 g/mol. The van der Waals surface area contributed by atoms with E-state index in [9.17, 15) is 14.4 Å². The Morgan fingerprint density at radius 1 is 0.603 bits per heavy atom. The van der Waals surface area contributed by atoms with Crippen molar-refractivity contribution in [1.82, 2.24) is 0 Å². The number of rotatable bonds is 18. The Balaban J connectivity index is 0.000000328. The Bertz CT molecular complexity index is 1830. The summed E-state index contributed by atoms with van der Waals surface area (Å²) in [6.45, 7) is 27.3. The van der Waals surface area contributed by atoms with Gasteiger partial charge in [0.15, 0.2) is 28.7 Å². The number of furan rings is 2. The van der Waals surface area contributed by atoms with Crippen LogP contribution < -0.4 is 0 Å². The molecule has 4 rings (SSSR count). The van der Waals surface area contributed by atoms with Crippen molar-refractivity contribution in [3.63, 3.8) is 0 Å². The molecule has 0 aliphatic heterocycles. The zero-order valence-electron chi connectivity index (χ0n) is 36.4. The first-order valence-corrected chi connectivity index (χ1v) is 25.6. The Hall–Kier alpha value is -4.56. The average molecular weight is 831 g/mol. The van der Waals surface area contributed by atoms with Gasteiger partial charge in [0.1, 0.15) is 30.5 Å². The molecule has 316 valence electrons. The van der Waals surface area contributed by atoms with Crippen LogP contribution in [0.15, 0.2) is 112 Å². The summed E-state index contributed by atoms with van der Waals surface area (Å²) in [6.07, 6.45) is 8.29. The third-order valence-electron chi connectivity index (χ3n) is 10.1. The summed E-state index contributed by atoms with van der Waals surface area (Å²) in [7, 11) is -3.52. The second-order valence-corrected chi connectivity index (χ2v) is 26.5. The van der Waals surface area contributed by atoms with Crippen LogP contribution in [0.1, 0.15) is 106 Å². The molecule has 58 heavy (non-hydrogen) atoms. The molecule has 2 heterocycles. The molecular formula is C47H66O9Si2. The lowest BCUT2D eigenvalue weighted by atomic mass is 10.2. The van der Waals surface area contributed by atoms with Gasteiger partial charge >= 0.3 is 11.9 Å². The summed E-state index contributed by atoms with van der Waals surface area (Å²) < 4.78 is 33.5. The first kappa shape index (κ1) is 49.6. The van der Waals surface area contributed by atoms with E-state index in [0.29, 0.717) is 69.9 Å². The first-order chi connectivity index (χ1) is 27.3. The molecule has 0 unspecified atom stereocenters. The van der Waals surface area contributed by atoms with Crippen molar-refractivity contribution in [3.8, 4) is 0 Å². The van der Waals surface area contributed by atoms with Crippen molar-refractivity contribution in [3.05, 3.63) is 138 Å². The second kappa shape index (κ2) is 24.4. The molecule has 0 fully saturated rings. The summed E-state index contributed by atoms with van der Waals surface area (Å²) in [5.41, 5.74) is 2.01. The van der Waals surface area contributed by atoms with E-state index in [1.807, 2.05) is 84.9 Å². The number of aldehydes is 1. The van der Waals surface area contributed by atoms with Crippen LogP contribution in [-0.2, 0) is 54.3 Å². The van der Waals surface area contributed by atoms with Crippen LogP contribution in [-0.4, -0.2) is 34.9 Å². The Morgan fingerprint density at radius 3 is 1.41 bits per heavy atom. The molecule has 2 aromatic carbocycles. The van der Waals surface area contributed by atoms with Gasteiger partial charge in [-0.3, -0.25) is 14.4 Å². The molecule has 0 aliphatic rings. The van der Waals surface area contributed by atoms with Gasteiger partial charge in [0.2, 0.25) is 0 Å². The van der Waals surface area contributed by atoms with Crippen molar-refractivity contribution < 1.29 is 41.5 Å². The predicted molar refractivity (Wildman–Crippen MR) is 237 cm³/mol. The topological polar surface area (TPSA) is 114 Å². The molecule has 2 aromatic heterocycles. The van der Waals surface area contributed by atoms with E-state index >= 15 is 0 Å². The summed E-state index contributed by atoms with van der Waals surface area (Å²) in [5, 5.41) is 0.366. The summed E-state index contributed by atoms with van der Waals surface area (Å²) in [6, 6.07) is 26.7. The van der Waals surface area contributed by atoms with Crippen LogP contribution in [0.25, 0.3) is 6.08 Å². The highest BCUT2D eigenvalue weighted by molar-refractivity contribution is 6.74. The van der Waals surface area contributed by atoms with Gasteiger partial charge in [-0.25, -0.2) is 0 Å². The van der Waals surface area contributed by atoms with Crippen molar-refractivity contribution in [1.29, 1.82) is 0 Å². The molecule has 0 spiro atoms. The fourth-order valence-electron chi connectivity index (χ4n) is 4.27. The maximum Gasteiger partial charge on any atom is 0.306 e. The third-order valence-corrected chi connectivity index (χ3v) is 19.0. The van der Waals surface area contributed by atoms with Crippen LogP contribution >= 0.6 is 0 Å². The lowest BCUT2D eigenvalue weighted by Crippen LogP contribution is -2.40. The number of benzene rings is 2. The number of esters is 2. The van der Waals surface area contributed by atoms with E-state index in [1.54, 1.807) is 18.2 Å². The van der Waals surface area contributed by atoms with Crippen LogP contribution in [0.3, 0.4) is 0 Å². The average Bonchev–Trinajstić information content (AvgIpc) is 3.86. The standard InChI is InChI=1S/C23H32O4Si.C12H20O3Si.C12H14O2/c1-23(2,3)28(4,5)26-18-21-16-15-20(27-21)13-9-10-14-22(24)25-17-19-11-7-6-8-12-19;1-12(2,3)16(4,5)14-9-11-7-6-10(8-13)15-11;1-2-3-9-12(13)14-10-11-7-5-4-6-8-11/h6-9,11-13,15-16H,10,14,17-18H2,1-5H3;6-8H,9H2,1-5H3;2,4-8H,1,3,9-10H2/b13-9-;;. The van der Waals surface area contributed by atoms with Crippen LogP contribution in [0, 0.1) is 0 Å². The van der Waals surface area contributed by atoms with Gasteiger partial charge in [-0.15, -0.1) is 6.58 Å².